The molecule has 2 amide bonds. The zero-order valence-corrected chi connectivity index (χ0v) is 15.1. The third-order valence-electron chi connectivity index (χ3n) is 3.65. The van der Waals surface area contributed by atoms with Gasteiger partial charge < -0.3 is 15.0 Å². The highest BCUT2D eigenvalue weighted by Gasteiger charge is 2.12. The van der Waals surface area contributed by atoms with Gasteiger partial charge in [0.25, 0.3) is 11.8 Å². The first-order valence-electron chi connectivity index (χ1n) is 7.94. The second kappa shape index (κ2) is 8.63. The van der Waals surface area contributed by atoms with Gasteiger partial charge >= 0.3 is 0 Å². The zero-order chi connectivity index (χ0) is 20.0. The van der Waals surface area contributed by atoms with E-state index in [0.29, 0.717) is 16.8 Å². The molecule has 0 aliphatic carbocycles. The van der Waals surface area contributed by atoms with E-state index in [0.717, 1.165) is 0 Å². The highest BCUT2D eigenvalue weighted by atomic mass is 19.1. The van der Waals surface area contributed by atoms with E-state index in [1.54, 1.807) is 44.4 Å². The van der Waals surface area contributed by atoms with Gasteiger partial charge in [-0.2, -0.15) is 5.26 Å². The molecular formula is C20H18FN3O3. The Labute approximate surface area is 156 Å². The lowest BCUT2D eigenvalue weighted by Crippen LogP contribution is -2.21. The van der Waals surface area contributed by atoms with Crippen LogP contribution in [0.3, 0.4) is 0 Å². The number of carbonyl (C=O) groups excluding carboxylic acids is 2. The molecule has 0 bridgehead atoms. The maximum atomic E-state index is 13.7. The Bertz CT molecular complexity index is 928. The van der Waals surface area contributed by atoms with Crippen molar-refractivity contribution in [2.45, 2.75) is 0 Å². The minimum absolute atomic E-state index is 0.0717. The highest BCUT2D eigenvalue weighted by molar-refractivity contribution is 6.09. The number of halogens is 1. The molecule has 6 nitrogen and oxygen atoms in total. The molecule has 1 N–H and O–H groups in total. The Balaban J connectivity index is 2.16. The number of benzene rings is 2. The number of nitriles is 1. The van der Waals surface area contributed by atoms with Crippen LogP contribution in [-0.2, 0) is 4.79 Å². The predicted octanol–water partition coefficient (Wildman–Crippen LogP) is 3.08. The minimum Gasteiger partial charge on any atom is -0.494 e. The summed E-state index contributed by atoms with van der Waals surface area (Å²) in [7, 11) is 4.63. The summed E-state index contributed by atoms with van der Waals surface area (Å²) in [5.74, 6) is -1.32. The van der Waals surface area contributed by atoms with E-state index in [4.69, 9.17) is 4.74 Å². The summed E-state index contributed by atoms with van der Waals surface area (Å²) in [4.78, 5) is 25.6. The quantitative estimate of drug-likeness (QED) is 0.650. The fraction of sp³-hybridized carbons (Fsp3) is 0.150. The van der Waals surface area contributed by atoms with E-state index in [9.17, 15) is 19.2 Å². The molecule has 0 aromatic heterocycles. The van der Waals surface area contributed by atoms with Crippen molar-refractivity contribution in [2.75, 3.05) is 26.5 Å². The molecule has 0 unspecified atom stereocenters. The Morgan fingerprint density at radius 1 is 1.19 bits per heavy atom. The van der Waals surface area contributed by atoms with Crippen molar-refractivity contribution < 1.29 is 18.7 Å². The van der Waals surface area contributed by atoms with Gasteiger partial charge in [0.1, 0.15) is 11.6 Å². The molecular weight excluding hydrogens is 349 g/mol. The molecule has 0 aliphatic rings. The predicted molar refractivity (Wildman–Crippen MR) is 99.6 cm³/mol. The van der Waals surface area contributed by atoms with Gasteiger partial charge in [-0.05, 0) is 48.0 Å². The molecule has 138 valence electrons. The number of hydrogen-bond acceptors (Lipinski definition) is 4. The van der Waals surface area contributed by atoms with Crippen LogP contribution in [0.25, 0.3) is 6.08 Å². The fourth-order valence-electron chi connectivity index (χ4n) is 2.24. The number of anilines is 1. The third kappa shape index (κ3) is 4.92. The van der Waals surface area contributed by atoms with Gasteiger partial charge in [0.05, 0.1) is 7.11 Å². The lowest BCUT2D eigenvalue weighted by Gasteiger charge is -2.11. The number of nitrogens with zero attached hydrogens (tertiary/aromatic N) is 2. The molecule has 0 spiro atoms. The first kappa shape index (κ1) is 19.7. The van der Waals surface area contributed by atoms with Crippen molar-refractivity contribution in [3.8, 4) is 11.8 Å². The summed E-state index contributed by atoms with van der Waals surface area (Å²) < 4.78 is 18.6. The number of ether oxygens (including phenoxy) is 1. The molecule has 0 heterocycles. The average Bonchev–Trinajstić information content (AvgIpc) is 2.66. The second-order valence-corrected chi connectivity index (χ2v) is 5.79. The number of nitrogens with one attached hydrogen (secondary N) is 1. The van der Waals surface area contributed by atoms with E-state index >= 15 is 0 Å². The SMILES string of the molecule is COc1ccc(/C=C(\C#N)C(=O)Nc2ccc(C(=O)N(C)C)cc2)cc1F. The van der Waals surface area contributed by atoms with Crippen molar-refractivity contribution in [2.24, 2.45) is 0 Å². The maximum absolute atomic E-state index is 13.7. The first-order chi connectivity index (χ1) is 12.8. The topological polar surface area (TPSA) is 82.4 Å². The van der Waals surface area contributed by atoms with Crippen LogP contribution < -0.4 is 10.1 Å². The molecule has 0 fully saturated rings. The summed E-state index contributed by atoms with van der Waals surface area (Å²) in [6.07, 6.45) is 1.28. The van der Waals surface area contributed by atoms with Crippen LogP contribution in [0.2, 0.25) is 0 Å². The van der Waals surface area contributed by atoms with Gasteiger partial charge in [-0.3, -0.25) is 9.59 Å². The maximum Gasteiger partial charge on any atom is 0.266 e. The average molecular weight is 367 g/mol. The first-order valence-corrected chi connectivity index (χ1v) is 7.94. The standard InChI is InChI=1S/C20H18FN3O3/c1-24(2)20(26)14-5-7-16(8-6-14)23-19(25)15(12-22)10-13-4-9-18(27-3)17(21)11-13/h4-11H,1-3H3,(H,23,25)/b15-10+. The van der Waals surface area contributed by atoms with Crippen LogP contribution >= 0.6 is 0 Å². The molecule has 2 aromatic rings. The van der Waals surface area contributed by atoms with Crippen molar-refractivity contribution in [3.63, 3.8) is 0 Å². The van der Waals surface area contributed by atoms with E-state index < -0.39 is 11.7 Å². The molecule has 2 rings (SSSR count). The number of carbonyl (C=O) groups is 2. The van der Waals surface area contributed by atoms with E-state index in [1.807, 2.05) is 0 Å². The van der Waals surface area contributed by atoms with Gasteiger partial charge in [0.2, 0.25) is 0 Å². The van der Waals surface area contributed by atoms with E-state index in [1.165, 1.54) is 36.3 Å². The molecule has 0 radical (unpaired) electrons. The highest BCUT2D eigenvalue weighted by Crippen LogP contribution is 2.20. The third-order valence-corrected chi connectivity index (χ3v) is 3.65. The lowest BCUT2D eigenvalue weighted by atomic mass is 10.1. The lowest BCUT2D eigenvalue weighted by molar-refractivity contribution is -0.112. The van der Waals surface area contributed by atoms with E-state index in [-0.39, 0.29) is 17.2 Å². The van der Waals surface area contributed by atoms with Crippen molar-refractivity contribution in [3.05, 3.63) is 65.0 Å². The molecule has 0 aliphatic heterocycles. The van der Waals surface area contributed by atoms with Gasteiger partial charge in [-0.25, -0.2) is 4.39 Å². The van der Waals surface area contributed by atoms with Crippen molar-refractivity contribution >= 4 is 23.6 Å². The van der Waals surface area contributed by atoms with Gasteiger partial charge in [-0.1, -0.05) is 6.07 Å². The Hall–Kier alpha value is -3.66. The number of rotatable bonds is 5. The molecule has 0 saturated carbocycles. The fourth-order valence-corrected chi connectivity index (χ4v) is 2.24. The Morgan fingerprint density at radius 2 is 1.85 bits per heavy atom. The van der Waals surface area contributed by atoms with Crippen LogP contribution in [0.5, 0.6) is 5.75 Å². The molecule has 27 heavy (non-hydrogen) atoms. The van der Waals surface area contributed by atoms with Crippen LogP contribution in [-0.4, -0.2) is 37.9 Å². The van der Waals surface area contributed by atoms with Gasteiger partial charge in [0, 0.05) is 25.3 Å². The van der Waals surface area contributed by atoms with Crippen LogP contribution in [0.15, 0.2) is 48.0 Å². The van der Waals surface area contributed by atoms with Crippen LogP contribution in [0.4, 0.5) is 10.1 Å². The second-order valence-electron chi connectivity index (χ2n) is 5.79. The Morgan fingerprint density at radius 3 is 2.37 bits per heavy atom. The molecule has 7 heteroatoms. The largest absolute Gasteiger partial charge is 0.494 e. The number of methoxy groups -OCH3 is 1. The van der Waals surface area contributed by atoms with Gasteiger partial charge in [0.15, 0.2) is 11.6 Å². The molecule has 0 atom stereocenters. The summed E-state index contributed by atoms with van der Waals surface area (Å²) in [6, 6.07) is 12.2. The monoisotopic (exact) mass is 367 g/mol. The number of amides is 2. The van der Waals surface area contributed by atoms with Crippen LogP contribution in [0.1, 0.15) is 15.9 Å². The summed E-state index contributed by atoms with van der Waals surface area (Å²) in [6.45, 7) is 0. The van der Waals surface area contributed by atoms with Crippen LogP contribution in [0, 0.1) is 17.1 Å². The summed E-state index contributed by atoms with van der Waals surface area (Å²) >= 11 is 0. The number of hydrogen-bond donors (Lipinski definition) is 1. The van der Waals surface area contributed by atoms with Crippen molar-refractivity contribution in [1.29, 1.82) is 5.26 Å². The summed E-state index contributed by atoms with van der Waals surface area (Å²) in [5.41, 5.74) is 1.07. The van der Waals surface area contributed by atoms with Gasteiger partial charge in [-0.15, -0.1) is 0 Å². The molecule has 0 saturated heterocycles. The zero-order valence-electron chi connectivity index (χ0n) is 15.1. The minimum atomic E-state index is -0.639. The van der Waals surface area contributed by atoms with Crippen molar-refractivity contribution in [1.82, 2.24) is 4.90 Å². The van der Waals surface area contributed by atoms with E-state index in [2.05, 4.69) is 5.32 Å². The normalized spacial score (nSPS) is 10.7. The molecule has 2 aromatic carbocycles. The smallest absolute Gasteiger partial charge is 0.266 e. The summed E-state index contributed by atoms with van der Waals surface area (Å²) in [5, 5.41) is 11.8. The Kier molecular flexibility index (Phi) is 6.28.